The summed E-state index contributed by atoms with van der Waals surface area (Å²) in [4.78, 5) is 12.3. The Morgan fingerprint density at radius 3 is 2.70 bits per heavy atom. The molecule has 0 saturated heterocycles. The topological polar surface area (TPSA) is 59.8 Å². The van der Waals surface area contributed by atoms with Crippen molar-refractivity contribution in [1.29, 1.82) is 0 Å². The van der Waals surface area contributed by atoms with Crippen LogP contribution in [0.1, 0.15) is 22.8 Å². The molecular formula is C18H15ClF2N4OS. The second kappa shape index (κ2) is 8.49. The molecule has 1 aromatic heterocycles. The lowest BCUT2D eigenvalue weighted by Crippen LogP contribution is -2.17. The van der Waals surface area contributed by atoms with Gasteiger partial charge in [0.05, 0.1) is 5.56 Å². The SMILES string of the molecule is CCn1c(NC(=O)c2ccc(F)cc2F)nnc1SCc1ccccc1Cl. The monoisotopic (exact) mass is 408 g/mol. The van der Waals surface area contributed by atoms with Crippen molar-refractivity contribution in [2.24, 2.45) is 0 Å². The number of benzene rings is 2. The molecule has 27 heavy (non-hydrogen) atoms. The maximum atomic E-state index is 13.8. The first-order valence-corrected chi connectivity index (χ1v) is 9.41. The number of nitrogens with zero attached hydrogens (tertiary/aromatic N) is 3. The van der Waals surface area contributed by atoms with Gasteiger partial charge in [0.15, 0.2) is 5.16 Å². The number of aromatic nitrogens is 3. The lowest BCUT2D eigenvalue weighted by Gasteiger charge is -2.09. The van der Waals surface area contributed by atoms with Gasteiger partial charge in [0.2, 0.25) is 5.95 Å². The van der Waals surface area contributed by atoms with Gasteiger partial charge in [-0.15, -0.1) is 10.2 Å². The molecule has 3 aromatic rings. The van der Waals surface area contributed by atoms with Crippen LogP contribution in [0.3, 0.4) is 0 Å². The minimum Gasteiger partial charge on any atom is -0.290 e. The summed E-state index contributed by atoms with van der Waals surface area (Å²) in [7, 11) is 0. The molecule has 0 radical (unpaired) electrons. The number of amides is 1. The Kier molecular flexibility index (Phi) is 6.08. The summed E-state index contributed by atoms with van der Waals surface area (Å²) in [5.74, 6) is -1.65. The summed E-state index contributed by atoms with van der Waals surface area (Å²) in [5, 5.41) is 11.8. The maximum absolute atomic E-state index is 13.8. The highest BCUT2D eigenvalue weighted by Gasteiger charge is 2.18. The molecule has 0 unspecified atom stereocenters. The van der Waals surface area contributed by atoms with Crippen molar-refractivity contribution >= 4 is 35.2 Å². The van der Waals surface area contributed by atoms with Crippen molar-refractivity contribution in [2.45, 2.75) is 24.4 Å². The summed E-state index contributed by atoms with van der Waals surface area (Å²) in [6, 6.07) is 10.2. The van der Waals surface area contributed by atoms with Crippen molar-refractivity contribution < 1.29 is 13.6 Å². The Hall–Kier alpha value is -2.45. The van der Waals surface area contributed by atoms with Crippen LogP contribution in [0.4, 0.5) is 14.7 Å². The number of nitrogens with one attached hydrogen (secondary N) is 1. The van der Waals surface area contributed by atoms with E-state index in [1.54, 1.807) is 4.57 Å². The molecule has 0 bridgehead atoms. The number of carbonyl (C=O) groups is 1. The molecule has 0 atom stereocenters. The van der Waals surface area contributed by atoms with Crippen molar-refractivity contribution in [1.82, 2.24) is 14.8 Å². The number of rotatable bonds is 6. The number of halogens is 3. The van der Waals surface area contributed by atoms with E-state index < -0.39 is 17.5 Å². The lowest BCUT2D eigenvalue weighted by atomic mass is 10.2. The van der Waals surface area contributed by atoms with E-state index in [0.29, 0.717) is 28.5 Å². The Balaban J connectivity index is 1.75. The number of hydrogen-bond acceptors (Lipinski definition) is 4. The Morgan fingerprint density at radius 1 is 1.22 bits per heavy atom. The van der Waals surface area contributed by atoms with Crippen LogP contribution < -0.4 is 5.32 Å². The van der Waals surface area contributed by atoms with E-state index in [1.807, 2.05) is 31.2 Å². The zero-order chi connectivity index (χ0) is 19.4. The predicted octanol–water partition coefficient (Wildman–Crippen LogP) is 4.77. The first kappa shape index (κ1) is 19.3. The third-order valence-electron chi connectivity index (χ3n) is 3.75. The van der Waals surface area contributed by atoms with Crippen LogP contribution in [0.2, 0.25) is 5.02 Å². The van der Waals surface area contributed by atoms with Crippen LogP contribution in [-0.2, 0) is 12.3 Å². The minimum absolute atomic E-state index is 0.188. The van der Waals surface area contributed by atoms with Gasteiger partial charge < -0.3 is 0 Å². The normalized spacial score (nSPS) is 10.8. The summed E-state index contributed by atoms with van der Waals surface area (Å²) in [6.07, 6.45) is 0. The van der Waals surface area contributed by atoms with E-state index in [2.05, 4.69) is 15.5 Å². The average molecular weight is 409 g/mol. The average Bonchev–Trinajstić information content (AvgIpc) is 3.02. The first-order valence-electron chi connectivity index (χ1n) is 8.05. The Bertz CT molecular complexity index is 980. The first-order chi connectivity index (χ1) is 13.0. The fraction of sp³-hybridized carbons (Fsp3) is 0.167. The molecule has 0 fully saturated rings. The molecule has 0 saturated carbocycles. The van der Waals surface area contributed by atoms with Gasteiger partial charge in [0.1, 0.15) is 11.6 Å². The largest absolute Gasteiger partial charge is 0.290 e. The third kappa shape index (κ3) is 4.45. The summed E-state index contributed by atoms with van der Waals surface area (Å²) in [6.45, 7) is 2.37. The maximum Gasteiger partial charge on any atom is 0.260 e. The highest BCUT2D eigenvalue weighted by molar-refractivity contribution is 7.98. The van der Waals surface area contributed by atoms with Gasteiger partial charge in [-0.25, -0.2) is 8.78 Å². The van der Waals surface area contributed by atoms with Gasteiger partial charge in [0, 0.05) is 23.4 Å². The van der Waals surface area contributed by atoms with Crippen LogP contribution in [0, 0.1) is 11.6 Å². The summed E-state index contributed by atoms with van der Waals surface area (Å²) in [5.41, 5.74) is 0.682. The smallest absolute Gasteiger partial charge is 0.260 e. The highest BCUT2D eigenvalue weighted by Crippen LogP contribution is 2.27. The molecule has 3 rings (SSSR count). The van der Waals surface area contributed by atoms with Gasteiger partial charge in [0.25, 0.3) is 5.91 Å². The second-order valence-corrected chi connectivity index (χ2v) is 6.86. The van der Waals surface area contributed by atoms with Crippen LogP contribution >= 0.6 is 23.4 Å². The van der Waals surface area contributed by atoms with Crippen LogP contribution in [0.5, 0.6) is 0 Å². The quantitative estimate of drug-likeness (QED) is 0.596. The van der Waals surface area contributed by atoms with Crippen LogP contribution in [-0.4, -0.2) is 20.7 Å². The molecule has 0 spiro atoms. The molecule has 1 heterocycles. The van der Waals surface area contributed by atoms with Crippen molar-refractivity contribution in [3.8, 4) is 0 Å². The molecule has 140 valence electrons. The van der Waals surface area contributed by atoms with Crippen LogP contribution in [0.15, 0.2) is 47.6 Å². The fourth-order valence-electron chi connectivity index (χ4n) is 2.37. The number of thioether (sulfide) groups is 1. The van der Waals surface area contributed by atoms with E-state index in [4.69, 9.17) is 11.6 Å². The molecule has 0 aliphatic carbocycles. The molecule has 1 N–H and O–H groups in total. The Morgan fingerprint density at radius 2 is 2.00 bits per heavy atom. The molecule has 0 aliphatic heterocycles. The third-order valence-corrected chi connectivity index (χ3v) is 5.13. The van der Waals surface area contributed by atoms with Gasteiger partial charge in [-0.1, -0.05) is 41.6 Å². The molecular weight excluding hydrogens is 394 g/mol. The van der Waals surface area contributed by atoms with E-state index in [9.17, 15) is 13.6 Å². The zero-order valence-corrected chi connectivity index (χ0v) is 15.8. The molecule has 1 amide bonds. The van der Waals surface area contributed by atoms with E-state index in [1.165, 1.54) is 11.8 Å². The van der Waals surface area contributed by atoms with Crippen molar-refractivity contribution in [3.63, 3.8) is 0 Å². The zero-order valence-electron chi connectivity index (χ0n) is 14.2. The van der Waals surface area contributed by atoms with E-state index >= 15 is 0 Å². The fourth-order valence-corrected chi connectivity index (χ4v) is 3.66. The van der Waals surface area contributed by atoms with Gasteiger partial charge >= 0.3 is 0 Å². The van der Waals surface area contributed by atoms with Crippen LogP contribution in [0.25, 0.3) is 0 Å². The standard InChI is InChI=1S/C18H15ClF2N4OS/c1-2-25-17(22-16(26)13-8-7-12(20)9-15(13)21)23-24-18(25)27-10-11-5-3-4-6-14(11)19/h3-9H,2,10H2,1H3,(H,22,23,26). The minimum atomic E-state index is -0.941. The van der Waals surface area contributed by atoms with Gasteiger partial charge in [-0.2, -0.15) is 0 Å². The van der Waals surface area contributed by atoms with E-state index in [0.717, 1.165) is 17.7 Å². The molecule has 0 aliphatic rings. The molecule has 9 heteroatoms. The predicted molar refractivity (Wildman–Crippen MR) is 101 cm³/mol. The highest BCUT2D eigenvalue weighted by atomic mass is 35.5. The molecule has 2 aromatic carbocycles. The summed E-state index contributed by atoms with van der Waals surface area (Å²) < 4.78 is 28.5. The Labute approximate surface area is 163 Å². The number of anilines is 1. The molecule has 5 nitrogen and oxygen atoms in total. The lowest BCUT2D eigenvalue weighted by molar-refractivity contribution is 0.102. The van der Waals surface area contributed by atoms with Gasteiger partial charge in [-0.3, -0.25) is 14.7 Å². The van der Waals surface area contributed by atoms with Crippen molar-refractivity contribution in [2.75, 3.05) is 5.32 Å². The number of hydrogen-bond donors (Lipinski definition) is 1. The van der Waals surface area contributed by atoms with E-state index in [-0.39, 0.29) is 11.5 Å². The van der Waals surface area contributed by atoms with Gasteiger partial charge in [-0.05, 0) is 30.7 Å². The second-order valence-electron chi connectivity index (χ2n) is 5.51. The number of carbonyl (C=O) groups excluding carboxylic acids is 1. The van der Waals surface area contributed by atoms with Crippen molar-refractivity contribution in [3.05, 3.63) is 70.2 Å². The summed E-state index contributed by atoms with van der Waals surface area (Å²) >= 11 is 7.57.